The molecule has 39 heavy (non-hydrogen) atoms. The van der Waals surface area contributed by atoms with Gasteiger partial charge in [0.2, 0.25) is 5.82 Å². The third kappa shape index (κ3) is 7.12. The first-order chi connectivity index (χ1) is 18.9. The first-order valence-corrected chi connectivity index (χ1v) is 14.3. The smallest absolute Gasteiger partial charge is 0.201 e. The average Bonchev–Trinajstić information content (AvgIpc) is 2.95. The molecular weight excluding hydrogens is 500 g/mol. The van der Waals surface area contributed by atoms with Gasteiger partial charge < -0.3 is 4.74 Å². The maximum absolute atomic E-state index is 15.2. The molecule has 0 aliphatic heterocycles. The molecule has 0 atom stereocenters. The molecule has 1 nitrogen and oxygen atoms in total. The number of hydrogen-bond donors (Lipinski definition) is 0. The van der Waals surface area contributed by atoms with E-state index in [-0.39, 0.29) is 29.4 Å². The fourth-order valence-electron chi connectivity index (χ4n) is 5.47. The van der Waals surface area contributed by atoms with Gasteiger partial charge in [-0.1, -0.05) is 68.8 Å². The largest absolute Gasteiger partial charge is 0.490 e. The van der Waals surface area contributed by atoms with Crippen LogP contribution in [0, 0.1) is 29.2 Å². The second-order valence-electron chi connectivity index (χ2n) is 10.6. The van der Waals surface area contributed by atoms with Crippen molar-refractivity contribution in [2.75, 3.05) is 6.61 Å². The van der Waals surface area contributed by atoms with Gasteiger partial charge in [-0.25, -0.2) is 13.2 Å². The molecule has 1 fully saturated rings. The highest BCUT2D eigenvalue weighted by Gasteiger charge is 2.27. The normalized spacial score (nSPS) is 17.6. The number of ether oxygens (including phenoxy) is 1. The molecule has 0 saturated heterocycles. The SMILES string of the molecule is CCCOc1ccc(-c2ccc(C3CCC(/C=C/CCc4ccc(CCC)cc4)CC3)c(F)c2F)c(F)c1F. The van der Waals surface area contributed by atoms with E-state index < -0.39 is 23.3 Å². The maximum atomic E-state index is 15.2. The van der Waals surface area contributed by atoms with Gasteiger partial charge in [0.05, 0.1) is 6.61 Å². The number of allylic oxidation sites excluding steroid dienone is 2. The van der Waals surface area contributed by atoms with E-state index in [1.807, 2.05) is 6.92 Å². The second-order valence-corrected chi connectivity index (χ2v) is 10.6. The summed E-state index contributed by atoms with van der Waals surface area (Å²) in [6.07, 6.45) is 12.8. The minimum absolute atomic E-state index is 0.0914. The molecule has 0 bridgehead atoms. The molecule has 3 aromatic rings. The third-order valence-electron chi connectivity index (χ3n) is 7.69. The summed E-state index contributed by atoms with van der Waals surface area (Å²) in [6, 6.07) is 14.2. The highest BCUT2D eigenvalue weighted by molar-refractivity contribution is 5.66. The van der Waals surface area contributed by atoms with Crippen molar-refractivity contribution >= 4 is 0 Å². The molecule has 0 radical (unpaired) electrons. The van der Waals surface area contributed by atoms with Crippen molar-refractivity contribution in [3.05, 3.63) is 101 Å². The zero-order chi connectivity index (χ0) is 27.8. The van der Waals surface area contributed by atoms with E-state index in [0.29, 0.717) is 17.9 Å². The molecular formula is C34H38F4O. The summed E-state index contributed by atoms with van der Waals surface area (Å²) in [5.41, 5.74) is 2.44. The Morgan fingerprint density at radius 1 is 0.692 bits per heavy atom. The molecule has 3 aromatic carbocycles. The van der Waals surface area contributed by atoms with Crippen LogP contribution in [-0.4, -0.2) is 6.61 Å². The fraction of sp³-hybridized carbons (Fsp3) is 0.412. The van der Waals surface area contributed by atoms with Crippen LogP contribution < -0.4 is 4.74 Å². The summed E-state index contributed by atoms with van der Waals surface area (Å²) >= 11 is 0. The average molecular weight is 539 g/mol. The van der Waals surface area contributed by atoms with Crippen molar-refractivity contribution in [3.63, 3.8) is 0 Å². The molecule has 0 amide bonds. The molecule has 1 saturated carbocycles. The van der Waals surface area contributed by atoms with Crippen molar-refractivity contribution in [2.24, 2.45) is 5.92 Å². The molecule has 4 rings (SSSR count). The minimum Gasteiger partial charge on any atom is -0.490 e. The lowest BCUT2D eigenvalue weighted by Gasteiger charge is -2.27. The van der Waals surface area contributed by atoms with E-state index in [1.165, 1.54) is 35.4 Å². The van der Waals surface area contributed by atoms with E-state index in [2.05, 4.69) is 43.3 Å². The number of hydrogen-bond acceptors (Lipinski definition) is 1. The van der Waals surface area contributed by atoms with Crippen molar-refractivity contribution in [3.8, 4) is 16.9 Å². The molecule has 1 aliphatic carbocycles. The Morgan fingerprint density at radius 3 is 1.95 bits per heavy atom. The molecule has 0 spiro atoms. The van der Waals surface area contributed by atoms with E-state index in [0.717, 1.165) is 51.4 Å². The van der Waals surface area contributed by atoms with E-state index in [9.17, 15) is 8.78 Å². The quantitative estimate of drug-likeness (QED) is 0.174. The summed E-state index contributed by atoms with van der Waals surface area (Å²) in [4.78, 5) is 0. The predicted molar refractivity (Wildman–Crippen MR) is 150 cm³/mol. The van der Waals surface area contributed by atoms with Crippen LogP contribution in [0.3, 0.4) is 0 Å². The summed E-state index contributed by atoms with van der Waals surface area (Å²) in [5, 5.41) is 0. The van der Waals surface area contributed by atoms with Crippen LogP contribution in [0.5, 0.6) is 5.75 Å². The lowest BCUT2D eigenvalue weighted by Crippen LogP contribution is -2.14. The number of benzene rings is 3. The van der Waals surface area contributed by atoms with Crippen LogP contribution in [0.4, 0.5) is 17.6 Å². The first kappa shape index (κ1) is 28.9. The highest BCUT2D eigenvalue weighted by Crippen LogP contribution is 2.40. The Balaban J connectivity index is 1.34. The van der Waals surface area contributed by atoms with Crippen molar-refractivity contribution in [1.82, 2.24) is 0 Å². The van der Waals surface area contributed by atoms with Gasteiger partial charge in [-0.05, 0) is 92.0 Å². The zero-order valence-corrected chi connectivity index (χ0v) is 22.9. The van der Waals surface area contributed by atoms with Crippen LogP contribution in [0.1, 0.15) is 81.4 Å². The van der Waals surface area contributed by atoms with Crippen LogP contribution >= 0.6 is 0 Å². The lowest BCUT2D eigenvalue weighted by molar-refractivity contribution is 0.295. The Kier molecular flexibility index (Phi) is 10.2. The van der Waals surface area contributed by atoms with Crippen molar-refractivity contribution in [1.29, 1.82) is 0 Å². The highest BCUT2D eigenvalue weighted by atomic mass is 19.2. The van der Waals surface area contributed by atoms with Crippen molar-refractivity contribution in [2.45, 2.75) is 77.6 Å². The Morgan fingerprint density at radius 2 is 1.31 bits per heavy atom. The monoisotopic (exact) mass is 538 g/mol. The van der Waals surface area contributed by atoms with Crippen LogP contribution in [0.2, 0.25) is 0 Å². The number of aryl methyl sites for hydroxylation is 2. The predicted octanol–water partition coefficient (Wildman–Crippen LogP) is 10.1. The fourth-order valence-corrected chi connectivity index (χ4v) is 5.47. The second kappa shape index (κ2) is 13.8. The van der Waals surface area contributed by atoms with Gasteiger partial charge in [0.1, 0.15) is 0 Å². The number of rotatable bonds is 11. The summed E-state index contributed by atoms with van der Waals surface area (Å²) in [7, 11) is 0. The van der Waals surface area contributed by atoms with Crippen LogP contribution in [-0.2, 0) is 12.8 Å². The van der Waals surface area contributed by atoms with Gasteiger partial charge in [0.15, 0.2) is 23.2 Å². The standard InChI is InChI=1S/C34H38F4O/c1-3-7-23-10-12-24(13-11-23)8-5-6-9-25-14-16-26(17-15-25)27-18-19-28(32(36)31(27)35)29-20-21-30(39-22-4-2)34(38)33(29)37/h6,9-13,18-21,25-26H,3-5,7-8,14-17,22H2,1-2H3/b9-6+. The third-order valence-corrected chi connectivity index (χ3v) is 7.69. The van der Waals surface area contributed by atoms with E-state index in [1.54, 1.807) is 0 Å². The van der Waals surface area contributed by atoms with Gasteiger partial charge in [-0.3, -0.25) is 0 Å². The number of halogens is 4. The molecule has 5 heteroatoms. The molecule has 0 unspecified atom stereocenters. The Hall–Kier alpha value is -3.08. The molecule has 208 valence electrons. The van der Waals surface area contributed by atoms with Crippen LogP contribution in [0.15, 0.2) is 60.7 Å². The molecule has 0 N–H and O–H groups in total. The first-order valence-electron chi connectivity index (χ1n) is 14.3. The Labute approximate surface area is 229 Å². The van der Waals surface area contributed by atoms with Gasteiger partial charge in [0, 0.05) is 11.1 Å². The molecule has 0 heterocycles. The topological polar surface area (TPSA) is 9.23 Å². The Bertz CT molecular complexity index is 1260. The lowest BCUT2D eigenvalue weighted by atomic mass is 9.78. The minimum atomic E-state index is -1.24. The van der Waals surface area contributed by atoms with Gasteiger partial charge in [0.25, 0.3) is 0 Å². The van der Waals surface area contributed by atoms with Crippen molar-refractivity contribution < 1.29 is 22.3 Å². The summed E-state index contributed by atoms with van der Waals surface area (Å²) in [5.74, 6) is -4.43. The molecule has 1 aliphatic rings. The summed E-state index contributed by atoms with van der Waals surface area (Å²) in [6.45, 7) is 4.27. The maximum Gasteiger partial charge on any atom is 0.201 e. The summed E-state index contributed by atoms with van der Waals surface area (Å²) < 4.78 is 64.6. The van der Waals surface area contributed by atoms with E-state index >= 15 is 8.78 Å². The van der Waals surface area contributed by atoms with E-state index in [4.69, 9.17) is 4.74 Å². The van der Waals surface area contributed by atoms with Gasteiger partial charge >= 0.3 is 0 Å². The molecule has 0 aromatic heterocycles. The van der Waals surface area contributed by atoms with Crippen LogP contribution in [0.25, 0.3) is 11.1 Å². The zero-order valence-electron chi connectivity index (χ0n) is 22.9. The van der Waals surface area contributed by atoms with Gasteiger partial charge in [-0.15, -0.1) is 0 Å². The van der Waals surface area contributed by atoms with Gasteiger partial charge in [-0.2, -0.15) is 4.39 Å².